The molecule has 3 rings (SSSR count). The maximum absolute atomic E-state index is 13.0. The molecule has 1 N–H and O–H groups in total. The van der Waals surface area contributed by atoms with Crippen molar-refractivity contribution in [2.45, 2.75) is 0 Å². The highest BCUT2D eigenvalue weighted by Crippen LogP contribution is 2.28. The Morgan fingerprint density at radius 2 is 1.81 bits per heavy atom. The number of nitrogens with one attached hydrogen (secondary N) is 1. The lowest BCUT2D eigenvalue weighted by Crippen LogP contribution is -3.12. The Kier molecular flexibility index (Phi) is 5.68. The van der Waals surface area contributed by atoms with Gasteiger partial charge in [0.1, 0.15) is 5.82 Å². The van der Waals surface area contributed by atoms with E-state index in [9.17, 15) is 14.0 Å². The number of thiophene rings is 1. The molecule has 2 amide bonds. The van der Waals surface area contributed by atoms with Gasteiger partial charge in [0, 0.05) is 11.9 Å². The average molecular weight is 376 g/mol. The molecular weight excluding hydrogens is 353 g/mol. The third-order valence-electron chi connectivity index (χ3n) is 4.63. The molecule has 0 radical (unpaired) electrons. The summed E-state index contributed by atoms with van der Waals surface area (Å²) in [6.45, 7) is 3.44. The summed E-state index contributed by atoms with van der Waals surface area (Å²) >= 11 is 1.35. The summed E-state index contributed by atoms with van der Waals surface area (Å²) in [7, 11) is 3.77. The monoisotopic (exact) mass is 376 g/mol. The number of carbonyl (C=O) groups excluding carboxylic acids is 2. The minimum Gasteiger partial charge on any atom is -0.334 e. The van der Waals surface area contributed by atoms with Gasteiger partial charge in [0.05, 0.1) is 44.6 Å². The number of hydrogen-bond donors (Lipinski definition) is 1. The van der Waals surface area contributed by atoms with Crippen LogP contribution in [0.25, 0.3) is 10.4 Å². The lowest BCUT2D eigenvalue weighted by Gasteiger charge is -2.31. The summed E-state index contributed by atoms with van der Waals surface area (Å²) in [4.78, 5) is 31.2. The van der Waals surface area contributed by atoms with E-state index in [0.717, 1.165) is 36.6 Å². The number of nitrogens with zero attached hydrogens (tertiary/aromatic N) is 2. The van der Waals surface area contributed by atoms with Gasteiger partial charge >= 0.3 is 0 Å². The lowest BCUT2D eigenvalue weighted by molar-refractivity contribution is -0.883. The maximum Gasteiger partial charge on any atom is 0.264 e. The number of amides is 2. The highest BCUT2D eigenvalue weighted by atomic mass is 32.1. The number of benzene rings is 1. The van der Waals surface area contributed by atoms with Gasteiger partial charge in [-0.3, -0.25) is 9.59 Å². The van der Waals surface area contributed by atoms with E-state index in [2.05, 4.69) is 7.05 Å². The number of carbonyl (C=O) groups is 2. The van der Waals surface area contributed by atoms with E-state index in [1.54, 1.807) is 25.2 Å². The van der Waals surface area contributed by atoms with Crippen molar-refractivity contribution in [3.63, 3.8) is 0 Å². The first-order valence-electron chi connectivity index (χ1n) is 8.64. The zero-order valence-corrected chi connectivity index (χ0v) is 15.8. The quantitative estimate of drug-likeness (QED) is 0.865. The largest absolute Gasteiger partial charge is 0.334 e. The zero-order valence-electron chi connectivity index (χ0n) is 15.0. The second-order valence-electron chi connectivity index (χ2n) is 6.67. The van der Waals surface area contributed by atoms with Crippen molar-refractivity contribution in [2.24, 2.45) is 0 Å². The molecule has 0 spiro atoms. The molecule has 1 aromatic carbocycles. The zero-order chi connectivity index (χ0) is 18.7. The molecule has 26 heavy (non-hydrogen) atoms. The fourth-order valence-electron chi connectivity index (χ4n) is 2.92. The summed E-state index contributed by atoms with van der Waals surface area (Å²) < 4.78 is 13.0. The fourth-order valence-corrected chi connectivity index (χ4v) is 3.93. The van der Waals surface area contributed by atoms with Gasteiger partial charge in [-0.25, -0.2) is 4.39 Å². The van der Waals surface area contributed by atoms with E-state index >= 15 is 0 Å². The van der Waals surface area contributed by atoms with Crippen LogP contribution >= 0.6 is 11.3 Å². The van der Waals surface area contributed by atoms with E-state index in [-0.39, 0.29) is 24.2 Å². The highest BCUT2D eigenvalue weighted by molar-refractivity contribution is 7.17. The standard InChI is InChI=1S/C19H22FN3O2S/c1-21-9-11-23(12-10-21)18(24)13-22(2)19(25)17-8-7-16(26-17)14-3-5-15(20)6-4-14/h3-8H,9-13H2,1-2H3/p+1. The maximum atomic E-state index is 13.0. The molecular formula is C19H23FN3O2S+. The van der Waals surface area contributed by atoms with Gasteiger partial charge in [-0.15, -0.1) is 11.3 Å². The van der Waals surface area contributed by atoms with Gasteiger partial charge in [0.2, 0.25) is 5.91 Å². The van der Waals surface area contributed by atoms with Gasteiger partial charge < -0.3 is 14.7 Å². The first-order valence-corrected chi connectivity index (χ1v) is 9.46. The first-order chi connectivity index (χ1) is 12.4. The molecule has 1 fully saturated rings. The Morgan fingerprint density at radius 3 is 2.46 bits per heavy atom. The highest BCUT2D eigenvalue weighted by Gasteiger charge is 2.24. The molecule has 0 atom stereocenters. The number of likely N-dealkylation sites (N-methyl/N-ethyl adjacent to an activating group) is 2. The number of quaternary nitrogens is 1. The Balaban J connectivity index is 1.61. The molecule has 2 heterocycles. The van der Waals surface area contributed by atoms with Crippen molar-refractivity contribution < 1.29 is 18.9 Å². The Bertz CT molecular complexity index is 782. The van der Waals surface area contributed by atoms with Crippen LogP contribution in [0, 0.1) is 5.82 Å². The van der Waals surface area contributed by atoms with Crippen LogP contribution in [0.15, 0.2) is 36.4 Å². The van der Waals surface area contributed by atoms with Crippen molar-refractivity contribution in [3.05, 3.63) is 47.1 Å². The molecule has 0 aliphatic carbocycles. The summed E-state index contributed by atoms with van der Waals surface area (Å²) in [5, 5.41) is 0. The minimum atomic E-state index is -0.287. The molecule has 7 heteroatoms. The Morgan fingerprint density at radius 1 is 1.15 bits per heavy atom. The van der Waals surface area contributed by atoms with Crippen molar-refractivity contribution in [2.75, 3.05) is 46.8 Å². The Labute approximate surface area is 156 Å². The lowest BCUT2D eigenvalue weighted by atomic mass is 10.2. The van der Waals surface area contributed by atoms with Gasteiger partial charge in [-0.1, -0.05) is 12.1 Å². The van der Waals surface area contributed by atoms with Crippen molar-refractivity contribution >= 4 is 23.2 Å². The van der Waals surface area contributed by atoms with Crippen LogP contribution in [-0.2, 0) is 4.79 Å². The third kappa shape index (κ3) is 4.28. The Hall–Kier alpha value is -2.25. The van der Waals surface area contributed by atoms with Crippen molar-refractivity contribution in [1.29, 1.82) is 0 Å². The fraction of sp³-hybridized carbons (Fsp3) is 0.368. The second kappa shape index (κ2) is 7.97. The predicted octanol–water partition coefficient (Wildman–Crippen LogP) is 0.983. The van der Waals surface area contributed by atoms with E-state index in [1.807, 2.05) is 11.0 Å². The van der Waals surface area contributed by atoms with Crippen LogP contribution in [-0.4, -0.2) is 68.4 Å². The number of rotatable bonds is 4. The van der Waals surface area contributed by atoms with Gasteiger partial charge in [-0.2, -0.15) is 0 Å². The number of hydrogen-bond acceptors (Lipinski definition) is 3. The molecule has 0 saturated carbocycles. The summed E-state index contributed by atoms with van der Waals surface area (Å²) in [6, 6.07) is 9.80. The normalized spacial score (nSPS) is 15.1. The molecule has 1 aliphatic rings. The molecule has 2 aromatic rings. The van der Waals surface area contributed by atoms with Gasteiger partial charge in [0.15, 0.2) is 0 Å². The van der Waals surface area contributed by atoms with Crippen LogP contribution in [0.4, 0.5) is 4.39 Å². The topological polar surface area (TPSA) is 45.1 Å². The van der Waals surface area contributed by atoms with E-state index in [1.165, 1.54) is 33.3 Å². The molecule has 138 valence electrons. The van der Waals surface area contributed by atoms with Gasteiger partial charge in [-0.05, 0) is 29.8 Å². The van der Waals surface area contributed by atoms with Crippen LogP contribution in [0.5, 0.6) is 0 Å². The molecule has 0 unspecified atom stereocenters. The van der Waals surface area contributed by atoms with Gasteiger partial charge in [0.25, 0.3) is 5.91 Å². The molecule has 1 aliphatic heterocycles. The summed E-state index contributed by atoms with van der Waals surface area (Å²) in [5.74, 6) is -0.467. The van der Waals surface area contributed by atoms with Crippen LogP contribution in [0.2, 0.25) is 0 Å². The predicted molar refractivity (Wildman–Crippen MR) is 99.9 cm³/mol. The molecule has 0 bridgehead atoms. The smallest absolute Gasteiger partial charge is 0.264 e. The van der Waals surface area contributed by atoms with Crippen LogP contribution < -0.4 is 4.90 Å². The molecule has 1 aromatic heterocycles. The number of piperazine rings is 1. The van der Waals surface area contributed by atoms with Crippen molar-refractivity contribution in [3.8, 4) is 10.4 Å². The SMILES string of the molecule is CN(CC(=O)N1CC[NH+](C)CC1)C(=O)c1ccc(-c2ccc(F)cc2)s1. The van der Waals surface area contributed by atoms with E-state index in [4.69, 9.17) is 0 Å². The summed E-state index contributed by atoms with van der Waals surface area (Å²) in [6.07, 6.45) is 0. The first kappa shape index (κ1) is 18.5. The van der Waals surface area contributed by atoms with E-state index in [0.29, 0.717) is 4.88 Å². The molecule has 5 nitrogen and oxygen atoms in total. The van der Waals surface area contributed by atoms with E-state index < -0.39 is 0 Å². The average Bonchev–Trinajstić information content (AvgIpc) is 3.12. The van der Waals surface area contributed by atoms with Crippen LogP contribution in [0.3, 0.4) is 0 Å². The molecule has 1 saturated heterocycles. The van der Waals surface area contributed by atoms with Crippen molar-refractivity contribution in [1.82, 2.24) is 9.80 Å². The number of halogens is 1. The van der Waals surface area contributed by atoms with Crippen LogP contribution in [0.1, 0.15) is 9.67 Å². The second-order valence-corrected chi connectivity index (χ2v) is 7.75. The third-order valence-corrected chi connectivity index (χ3v) is 5.76. The minimum absolute atomic E-state index is 0.0105. The summed E-state index contributed by atoms with van der Waals surface area (Å²) in [5.41, 5.74) is 0.870.